The Morgan fingerprint density at radius 2 is 1.83 bits per heavy atom. The van der Waals surface area contributed by atoms with Crippen LogP contribution in [0.3, 0.4) is 0 Å². The molecule has 24 heavy (non-hydrogen) atoms. The van der Waals surface area contributed by atoms with Gasteiger partial charge in [-0.25, -0.2) is 0 Å². The van der Waals surface area contributed by atoms with Crippen molar-refractivity contribution in [2.75, 3.05) is 25.5 Å². The van der Waals surface area contributed by atoms with Gasteiger partial charge in [0.15, 0.2) is 0 Å². The van der Waals surface area contributed by atoms with Crippen LogP contribution in [0.4, 0.5) is 0 Å². The van der Waals surface area contributed by atoms with Crippen molar-refractivity contribution in [2.24, 2.45) is 5.11 Å². The molecular formula is C16H19N3O4S. The lowest BCUT2D eigenvalue weighted by molar-refractivity contribution is 0.251. The quantitative estimate of drug-likeness (QED) is 0.215. The molecule has 7 nitrogen and oxygen atoms in total. The Bertz CT molecular complexity index is 817. The van der Waals surface area contributed by atoms with Crippen molar-refractivity contribution >= 4 is 20.9 Å². The van der Waals surface area contributed by atoms with E-state index in [0.717, 1.165) is 16.5 Å². The molecule has 0 heterocycles. The third-order valence-corrected chi connectivity index (χ3v) is 4.57. The Kier molecular flexibility index (Phi) is 6.87. The molecule has 0 spiro atoms. The van der Waals surface area contributed by atoms with Crippen molar-refractivity contribution < 1.29 is 17.3 Å². The maximum absolute atomic E-state index is 11.6. The van der Waals surface area contributed by atoms with Gasteiger partial charge in [0.05, 0.1) is 19.0 Å². The van der Waals surface area contributed by atoms with Crippen LogP contribution in [0, 0.1) is 0 Å². The molecule has 0 atom stereocenters. The maximum Gasteiger partial charge on any atom is 0.267 e. The summed E-state index contributed by atoms with van der Waals surface area (Å²) in [6.07, 6.45) is 0.711. The average Bonchev–Trinajstić information content (AvgIpc) is 2.58. The highest BCUT2D eigenvalue weighted by Crippen LogP contribution is 2.20. The predicted octanol–water partition coefficient (Wildman–Crippen LogP) is 3.66. The van der Waals surface area contributed by atoms with Gasteiger partial charge in [0.1, 0.15) is 5.75 Å². The molecule has 0 saturated heterocycles. The first-order valence-electron chi connectivity index (χ1n) is 7.60. The van der Waals surface area contributed by atoms with E-state index >= 15 is 0 Å². The monoisotopic (exact) mass is 349 g/mol. The fourth-order valence-corrected chi connectivity index (χ4v) is 3.08. The fourth-order valence-electron chi connectivity index (χ4n) is 2.11. The van der Waals surface area contributed by atoms with E-state index in [0.29, 0.717) is 13.0 Å². The van der Waals surface area contributed by atoms with E-state index in [-0.39, 0.29) is 25.3 Å². The van der Waals surface area contributed by atoms with Crippen molar-refractivity contribution in [1.29, 1.82) is 0 Å². The lowest BCUT2D eigenvalue weighted by Gasteiger charge is -2.08. The molecule has 0 aliphatic carbocycles. The molecule has 0 aliphatic rings. The topological polar surface area (TPSA) is 101 Å². The van der Waals surface area contributed by atoms with Crippen LogP contribution >= 0.6 is 0 Å². The minimum absolute atomic E-state index is 0.0669. The van der Waals surface area contributed by atoms with E-state index in [1.165, 1.54) is 0 Å². The Morgan fingerprint density at radius 3 is 2.62 bits per heavy atom. The Balaban J connectivity index is 1.69. The summed E-state index contributed by atoms with van der Waals surface area (Å²) < 4.78 is 33.6. The smallest absolute Gasteiger partial charge is 0.267 e. The summed E-state index contributed by atoms with van der Waals surface area (Å²) in [5, 5.41) is 5.51. The second-order valence-corrected chi connectivity index (χ2v) is 6.86. The van der Waals surface area contributed by atoms with Gasteiger partial charge in [-0.05, 0) is 34.9 Å². The molecule has 0 radical (unpaired) electrons. The molecule has 0 unspecified atom stereocenters. The molecule has 0 fully saturated rings. The van der Waals surface area contributed by atoms with Crippen molar-refractivity contribution in [1.82, 2.24) is 0 Å². The normalized spacial score (nSPS) is 11.2. The summed E-state index contributed by atoms with van der Waals surface area (Å²) in [7, 11) is -3.57. The zero-order valence-electron chi connectivity index (χ0n) is 13.2. The summed E-state index contributed by atoms with van der Waals surface area (Å²) in [4.78, 5) is 2.56. The van der Waals surface area contributed by atoms with E-state index in [2.05, 4.69) is 10.0 Å². The number of hydrogen-bond donors (Lipinski definition) is 0. The van der Waals surface area contributed by atoms with Crippen LogP contribution < -0.4 is 4.74 Å². The highest BCUT2D eigenvalue weighted by Gasteiger charge is 2.10. The molecule has 0 N–H and O–H groups in total. The van der Waals surface area contributed by atoms with Crippen LogP contribution in [0.2, 0.25) is 0 Å². The summed E-state index contributed by atoms with van der Waals surface area (Å²) in [5.74, 6) is 0.586. The van der Waals surface area contributed by atoms with E-state index in [1.807, 2.05) is 42.5 Å². The molecule has 0 bridgehead atoms. The Labute approximate surface area is 140 Å². The highest BCUT2D eigenvalue weighted by atomic mass is 32.2. The van der Waals surface area contributed by atoms with E-state index < -0.39 is 10.1 Å². The zero-order valence-corrected chi connectivity index (χ0v) is 14.0. The van der Waals surface area contributed by atoms with Gasteiger partial charge in [0.2, 0.25) is 0 Å². The molecule has 128 valence electrons. The van der Waals surface area contributed by atoms with Crippen LogP contribution in [-0.2, 0) is 14.3 Å². The van der Waals surface area contributed by atoms with Crippen LogP contribution in [0.5, 0.6) is 5.75 Å². The van der Waals surface area contributed by atoms with Crippen LogP contribution in [0.1, 0.15) is 12.8 Å². The molecule has 0 aliphatic heterocycles. The Hall–Kier alpha value is -2.28. The van der Waals surface area contributed by atoms with Crippen molar-refractivity contribution in [3.63, 3.8) is 0 Å². The number of nitrogens with zero attached hydrogens (tertiary/aromatic N) is 3. The fraction of sp³-hybridized carbons (Fsp3) is 0.375. The largest absolute Gasteiger partial charge is 0.493 e. The predicted molar refractivity (Wildman–Crippen MR) is 92.4 cm³/mol. The number of fused-ring (bicyclic) bond motifs is 1. The molecule has 8 heteroatoms. The maximum atomic E-state index is 11.6. The van der Waals surface area contributed by atoms with Crippen LogP contribution in [0.15, 0.2) is 47.6 Å². The van der Waals surface area contributed by atoms with Crippen molar-refractivity contribution in [2.45, 2.75) is 12.8 Å². The van der Waals surface area contributed by atoms with E-state index in [9.17, 15) is 8.42 Å². The lowest BCUT2D eigenvalue weighted by atomic mass is 10.1. The van der Waals surface area contributed by atoms with E-state index in [4.69, 9.17) is 14.5 Å². The summed E-state index contributed by atoms with van der Waals surface area (Å²) >= 11 is 0. The number of ether oxygens (including phenoxy) is 1. The van der Waals surface area contributed by atoms with Gasteiger partial charge < -0.3 is 4.74 Å². The standard InChI is InChI=1S/C16H19N3O4S/c17-19-18-9-3-12-24(20,21)23-11-4-10-22-16-8-7-14-5-1-2-6-15(14)13-16/h1-2,5-8,13H,3-4,9-12H2. The van der Waals surface area contributed by atoms with Gasteiger partial charge >= 0.3 is 0 Å². The van der Waals surface area contributed by atoms with Gasteiger partial charge in [0, 0.05) is 17.9 Å². The van der Waals surface area contributed by atoms with Crippen LogP contribution in [0.25, 0.3) is 21.2 Å². The second kappa shape index (κ2) is 9.12. The number of azide groups is 1. The molecular weight excluding hydrogens is 330 g/mol. The average molecular weight is 349 g/mol. The van der Waals surface area contributed by atoms with Gasteiger partial charge in [0.25, 0.3) is 10.1 Å². The van der Waals surface area contributed by atoms with Gasteiger partial charge in [-0.3, -0.25) is 4.18 Å². The molecule has 2 rings (SSSR count). The first-order valence-corrected chi connectivity index (χ1v) is 9.18. The first kappa shape index (κ1) is 18.1. The summed E-state index contributed by atoms with van der Waals surface area (Å²) in [5.41, 5.74) is 8.11. The minimum Gasteiger partial charge on any atom is -0.493 e. The molecule has 0 amide bonds. The van der Waals surface area contributed by atoms with Crippen LogP contribution in [-0.4, -0.2) is 33.9 Å². The van der Waals surface area contributed by atoms with Crippen molar-refractivity contribution in [3.05, 3.63) is 52.9 Å². The number of benzene rings is 2. The van der Waals surface area contributed by atoms with Crippen molar-refractivity contribution in [3.8, 4) is 5.75 Å². The Morgan fingerprint density at radius 1 is 1.04 bits per heavy atom. The zero-order chi connectivity index (χ0) is 17.3. The molecule has 2 aromatic rings. The first-order chi connectivity index (χ1) is 11.6. The van der Waals surface area contributed by atoms with Gasteiger partial charge in [-0.1, -0.05) is 35.4 Å². The lowest BCUT2D eigenvalue weighted by Crippen LogP contribution is -2.13. The molecule has 0 saturated carbocycles. The molecule has 2 aromatic carbocycles. The molecule has 0 aromatic heterocycles. The second-order valence-electron chi connectivity index (χ2n) is 5.10. The highest BCUT2D eigenvalue weighted by molar-refractivity contribution is 7.86. The third-order valence-electron chi connectivity index (χ3n) is 3.26. The SMILES string of the molecule is [N-]=[N+]=NCCCS(=O)(=O)OCCCOc1ccc2ccccc2c1. The van der Waals surface area contributed by atoms with E-state index in [1.54, 1.807) is 0 Å². The van der Waals surface area contributed by atoms with Gasteiger partial charge in [-0.2, -0.15) is 8.42 Å². The summed E-state index contributed by atoms with van der Waals surface area (Å²) in [6, 6.07) is 13.8. The number of hydrogen-bond acceptors (Lipinski definition) is 5. The summed E-state index contributed by atoms with van der Waals surface area (Å²) in [6.45, 7) is 0.578. The third kappa shape index (κ3) is 6.08. The minimum atomic E-state index is -3.57. The van der Waals surface area contributed by atoms with Gasteiger partial charge in [-0.15, -0.1) is 0 Å². The number of rotatable bonds is 10.